The molecule has 0 bridgehead atoms. The lowest BCUT2D eigenvalue weighted by Crippen LogP contribution is -1.91. The number of benzene rings is 1. The van der Waals surface area contributed by atoms with Gasteiger partial charge in [-0.15, -0.1) is 0 Å². The first kappa shape index (κ1) is 19.5. The van der Waals surface area contributed by atoms with E-state index in [9.17, 15) is 8.78 Å². The van der Waals surface area contributed by atoms with Gasteiger partial charge in [0.15, 0.2) is 0 Å². The van der Waals surface area contributed by atoms with E-state index < -0.39 is 6.43 Å². The van der Waals surface area contributed by atoms with E-state index in [1.807, 2.05) is 31.2 Å². The fraction of sp³-hybridized carbons (Fsp3) is 0.105. The SMILES string of the molecule is Cc1ccc(-c2ccnc(C(F)F)c2)cc1-c1ccnc(Cl)c1.NC=O. The molecule has 0 radical (unpaired) electrons. The highest BCUT2D eigenvalue weighted by atomic mass is 35.5. The molecule has 0 saturated carbocycles. The number of pyridine rings is 2. The van der Waals surface area contributed by atoms with Crippen molar-refractivity contribution in [3.8, 4) is 22.3 Å². The molecule has 4 nitrogen and oxygen atoms in total. The lowest BCUT2D eigenvalue weighted by Gasteiger charge is -2.10. The topological polar surface area (TPSA) is 68.9 Å². The molecule has 134 valence electrons. The van der Waals surface area contributed by atoms with E-state index >= 15 is 0 Å². The van der Waals surface area contributed by atoms with Crippen LogP contribution in [0, 0.1) is 6.92 Å². The van der Waals surface area contributed by atoms with Crippen molar-refractivity contribution in [1.29, 1.82) is 0 Å². The number of carbonyl (C=O) groups is 1. The van der Waals surface area contributed by atoms with Crippen LogP contribution in [0.4, 0.5) is 8.78 Å². The smallest absolute Gasteiger partial charge is 0.280 e. The average Bonchev–Trinajstić information content (AvgIpc) is 2.63. The van der Waals surface area contributed by atoms with Crippen LogP contribution in [0.25, 0.3) is 22.3 Å². The number of carbonyl (C=O) groups excluding carboxylic acids is 1. The zero-order chi connectivity index (χ0) is 19.1. The summed E-state index contributed by atoms with van der Waals surface area (Å²) in [4.78, 5) is 16.3. The lowest BCUT2D eigenvalue weighted by molar-refractivity contribution is -0.106. The van der Waals surface area contributed by atoms with Crippen LogP contribution in [0.1, 0.15) is 17.7 Å². The van der Waals surface area contributed by atoms with Gasteiger partial charge in [0.05, 0.1) is 0 Å². The molecule has 0 unspecified atom stereocenters. The van der Waals surface area contributed by atoms with E-state index in [0.717, 1.165) is 22.3 Å². The van der Waals surface area contributed by atoms with Gasteiger partial charge in [-0.3, -0.25) is 9.78 Å². The molecule has 7 heteroatoms. The Bertz CT molecular complexity index is 903. The Balaban J connectivity index is 0.000000758. The van der Waals surface area contributed by atoms with Gasteiger partial charge < -0.3 is 5.73 Å². The molecule has 0 aliphatic carbocycles. The van der Waals surface area contributed by atoms with Crippen LogP contribution in [0.15, 0.2) is 54.9 Å². The summed E-state index contributed by atoms with van der Waals surface area (Å²) in [5.41, 5.74) is 8.49. The van der Waals surface area contributed by atoms with E-state index in [4.69, 9.17) is 16.4 Å². The van der Waals surface area contributed by atoms with Gasteiger partial charge in [-0.05, 0) is 65.1 Å². The highest BCUT2D eigenvalue weighted by Crippen LogP contribution is 2.31. The number of rotatable bonds is 3. The second-order valence-corrected chi connectivity index (χ2v) is 5.69. The number of alkyl halides is 2. The second-order valence-electron chi connectivity index (χ2n) is 5.30. The Hall–Kier alpha value is -2.86. The fourth-order valence-corrected chi connectivity index (χ4v) is 2.60. The van der Waals surface area contributed by atoms with E-state index in [0.29, 0.717) is 10.7 Å². The van der Waals surface area contributed by atoms with Crippen molar-refractivity contribution in [1.82, 2.24) is 9.97 Å². The number of aryl methyl sites for hydroxylation is 1. The van der Waals surface area contributed by atoms with Crippen LogP contribution < -0.4 is 5.73 Å². The Morgan fingerprint density at radius 1 is 1.00 bits per heavy atom. The van der Waals surface area contributed by atoms with Gasteiger partial charge in [0, 0.05) is 12.4 Å². The third-order valence-electron chi connectivity index (χ3n) is 3.61. The summed E-state index contributed by atoms with van der Waals surface area (Å²) in [6, 6.07) is 12.6. The Labute approximate surface area is 154 Å². The Morgan fingerprint density at radius 2 is 1.62 bits per heavy atom. The zero-order valence-electron chi connectivity index (χ0n) is 13.9. The maximum Gasteiger partial charge on any atom is 0.280 e. The number of hydrogen-bond acceptors (Lipinski definition) is 3. The molecule has 0 aliphatic heterocycles. The molecule has 1 aromatic carbocycles. The molecule has 3 rings (SSSR count). The molecule has 2 aromatic heterocycles. The number of amides is 1. The molecule has 0 fully saturated rings. The van der Waals surface area contributed by atoms with Crippen molar-refractivity contribution in [2.45, 2.75) is 13.3 Å². The van der Waals surface area contributed by atoms with Crippen LogP contribution in [0.3, 0.4) is 0 Å². The molecular formula is C19H16ClF2N3O. The summed E-state index contributed by atoms with van der Waals surface area (Å²) in [6.45, 7) is 1.99. The minimum atomic E-state index is -2.58. The summed E-state index contributed by atoms with van der Waals surface area (Å²) in [6.07, 6.45) is 0.712. The summed E-state index contributed by atoms with van der Waals surface area (Å²) >= 11 is 5.96. The molecule has 0 aliphatic rings. The molecule has 0 spiro atoms. The number of nitrogens with two attached hydrogens (primary N) is 1. The van der Waals surface area contributed by atoms with Gasteiger partial charge in [-0.2, -0.15) is 0 Å². The van der Waals surface area contributed by atoms with Gasteiger partial charge in [0.2, 0.25) is 6.41 Å². The van der Waals surface area contributed by atoms with Crippen LogP contribution in [-0.2, 0) is 4.79 Å². The highest BCUT2D eigenvalue weighted by Gasteiger charge is 2.11. The van der Waals surface area contributed by atoms with Crippen molar-refractivity contribution in [2.75, 3.05) is 0 Å². The van der Waals surface area contributed by atoms with Gasteiger partial charge >= 0.3 is 0 Å². The number of nitrogens with zero attached hydrogens (tertiary/aromatic N) is 2. The molecular weight excluding hydrogens is 360 g/mol. The maximum absolute atomic E-state index is 12.8. The predicted molar refractivity (Wildman–Crippen MR) is 97.9 cm³/mol. The maximum atomic E-state index is 12.8. The van der Waals surface area contributed by atoms with E-state index in [-0.39, 0.29) is 12.1 Å². The van der Waals surface area contributed by atoms with Crippen molar-refractivity contribution in [2.24, 2.45) is 5.73 Å². The standard InChI is InChI=1S/C18H13ClF2N2.CH3NO/c1-11-2-3-12(13-4-6-22-16(9-13)18(20)21)8-15(11)14-5-7-23-17(19)10-14;2-1-3/h2-10,18H,1H3;1H,(H2,2,3). The quantitative estimate of drug-likeness (QED) is 0.527. The molecule has 0 atom stereocenters. The predicted octanol–water partition coefficient (Wildman–Crippen LogP) is 4.81. The molecule has 2 N–H and O–H groups in total. The van der Waals surface area contributed by atoms with Crippen molar-refractivity contribution < 1.29 is 13.6 Å². The molecule has 3 aromatic rings. The summed E-state index contributed by atoms with van der Waals surface area (Å²) in [5, 5.41) is 0.413. The molecule has 0 saturated heterocycles. The summed E-state index contributed by atoms with van der Waals surface area (Å²) in [7, 11) is 0. The summed E-state index contributed by atoms with van der Waals surface area (Å²) < 4.78 is 25.7. The first-order valence-corrected chi connectivity index (χ1v) is 7.96. The number of halogens is 3. The van der Waals surface area contributed by atoms with Crippen LogP contribution >= 0.6 is 11.6 Å². The minimum absolute atomic E-state index is 0.225. The number of aromatic nitrogens is 2. The lowest BCUT2D eigenvalue weighted by atomic mass is 9.96. The Kier molecular flexibility index (Phi) is 6.74. The molecule has 26 heavy (non-hydrogen) atoms. The van der Waals surface area contributed by atoms with Gasteiger partial charge in [0.1, 0.15) is 10.8 Å². The number of hydrogen-bond donors (Lipinski definition) is 1. The van der Waals surface area contributed by atoms with E-state index in [1.54, 1.807) is 18.3 Å². The normalized spacial score (nSPS) is 10.2. The molecule has 2 heterocycles. The summed E-state index contributed by atoms with van der Waals surface area (Å²) in [5.74, 6) is 0. The van der Waals surface area contributed by atoms with Gasteiger partial charge in [0.25, 0.3) is 6.43 Å². The molecule has 1 amide bonds. The van der Waals surface area contributed by atoms with Crippen LogP contribution in [0.5, 0.6) is 0 Å². The van der Waals surface area contributed by atoms with Gasteiger partial charge in [-0.1, -0.05) is 23.7 Å². The van der Waals surface area contributed by atoms with E-state index in [2.05, 4.69) is 15.7 Å². The van der Waals surface area contributed by atoms with Gasteiger partial charge in [-0.25, -0.2) is 13.8 Å². The fourth-order valence-electron chi connectivity index (χ4n) is 2.43. The first-order chi connectivity index (χ1) is 12.5. The third kappa shape index (κ3) is 4.83. The largest absolute Gasteiger partial charge is 0.372 e. The minimum Gasteiger partial charge on any atom is -0.372 e. The first-order valence-electron chi connectivity index (χ1n) is 7.58. The third-order valence-corrected chi connectivity index (χ3v) is 3.82. The zero-order valence-corrected chi connectivity index (χ0v) is 14.6. The van der Waals surface area contributed by atoms with E-state index in [1.165, 1.54) is 12.3 Å². The van der Waals surface area contributed by atoms with Crippen LogP contribution in [0.2, 0.25) is 5.15 Å². The van der Waals surface area contributed by atoms with Crippen molar-refractivity contribution in [3.63, 3.8) is 0 Å². The second kappa shape index (κ2) is 9.01. The van der Waals surface area contributed by atoms with Crippen molar-refractivity contribution in [3.05, 3.63) is 71.3 Å². The van der Waals surface area contributed by atoms with Crippen LogP contribution in [-0.4, -0.2) is 16.4 Å². The highest BCUT2D eigenvalue weighted by molar-refractivity contribution is 6.29. The van der Waals surface area contributed by atoms with Crippen molar-refractivity contribution >= 4 is 18.0 Å². The Morgan fingerprint density at radius 3 is 2.27 bits per heavy atom. The average molecular weight is 376 g/mol. The monoisotopic (exact) mass is 375 g/mol. The number of primary amides is 1.